The number of aromatic nitrogens is 4. The Bertz CT molecular complexity index is 1020. The predicted octanol–water partition coefficient (Wildman–Crippen LogP) is 3.95. The molecule has 128 valence electrons. The van der Waals surface area contributed by atoms with Crippen LogP contribution < -0.4 is 5.32 Å². The molecule has 7 heteroatoms. The maximum atomic E-state index is 12.3. The molecule has 0 aliphatic carbocycles. The van der Waals surface area contributed by atoms with Gasteiger partial charge in [0.25, 0.3) is 5.91 Å². The zero-order chi connectivity index (χ0) is 17.9. The Labute approximate surface area is 154 Å². The van der Waals surface area contributed by atoms with Gasteiger partial charge in [-0.05, 0) is 31.2 Å². The van der Waals surface area contributed by atoms with E-state index in [9.17, 15) is 4.79 Å². The lowest BCUT2D eigenvalue weighted by molar-refractivity contribution is 0.102. The van der Waals surface area contributed by atoms with E-state index >= 15 is 0 Å². The average Bonchev–Trinajstić information content (AvgIpc) is 3.34. The van der Waals surface area contributed by atoms with Crippen molar-refractivity contribution in [2.75, 3.05) is 5.32 Å². The molecule has 0 saturated heterocycles. The number of hydrogen-bond acceptors (Lipinski definition) is 5. The largest absolute Gasteiger partial charge is 0.298 e. The first-order valence-corrected chi connectivity index (χ1v) is 8.88. The molecule has 0 aliphatic heterocycles. The van der Waals surface area contributed by atoms with Gasteiger partial charge in [-0.1, -0.05) is 35.0 Å². The number of thiazole rings is 1. The summed E-state index contributed by atoms with van der Waals surface area (Å²) >= 11 is 1.38. The minimum absolute atomic E-state index is 0.191. The van der Waals surface area contributed by atoms with Crippen molar-refractivity contribution < 1.29 is 4.79 Å². The van der Waals surface area contributed by atoms with Crippen LogP contribution in [0.25, 0.3) is 16.9 Å². The minimum atomic E-state index is -0.191. The predicted molar refractivity (Wildman–Crippen MR) is 102 cm³/mol. The number of aryl methyl sites for hydroxylation is 1. The number of hydrogen-bond donors (Lipinski definition) is 1. The monoisotopic (exact) mass is 361 g/mol. The van der Waals surface area contributed by atoms with E-state index in [1.807, 2.05) is 29.6 Å². The molecule has 0 unspecified atom stereocenters. The Morgan fingerprint density at radius 1 is 1.08 bits per heavy atom. The summed E-state index contributed by atoms with van der Waals surface area (Å²) < 4.78 is 1.76. The first kappa shape index (κ1) is 16.2. The fourth-order valence-corrected chi connectivity index (χ4v) is 3.08. The van der Waals surface area contributed by atoms with E-state index in [-0.39, 0.29) is 5.91 Å². The molecule has 0 atom stereocenters. The van der Waals surface area contributed by atoms with Crippen LogP contribution in [0.4, 0.5) is 5.13 Å². The van der Waals surface area contributed by atoms with Gasteiger partial charge >= 0.3 is 0 Å². The van der Waals surface area contributed by atoms with Gasteiger partial charge in [-0.25, -0.2) is 9.67 Å². The van der Waals surface area contributed by atoms with E-state index in [2.05, 4.69) is 39.7 Å². The Balaban J connectivity index is 1.59. The molecular weight excluding hydrogens is 346 g/mol. The Hall–Kier alpha value is -3.32. The molecule has 0 radical (unpaired) electrons. The van der Waals surface area contributed by atoms with Gasteiger partial charge < -0.3 is 0 Å². The Kier molecular flexibility index (Phi) is 4.28. The molecule has 0 aliphatic rings. The fraction of sp³-hybridized carbons (Fsp3) is 0.0526. The Morgan fingerprint density at radius 3 is 2.54 bits per heavy atom. The van der Waals surface area contributed by atoms with Gasteiger partial charge in [-0.15, -0.1) is 16.4 Å². The van der Waals surface area contributed by atoms with Gasteiger partial charge in [0.2, 0.25) is 0 Å². The molecule has 2 heterocycles. The number of carbonyl (C=O) groups is 1. The van der Waals surface area contributed by atoms with Crippen LogP contribution in [0.3, 0.4) is 0 Å². The lowest BCUT2D eigenvalue weighted by Gasteiger charge is -2.08. The van der Waals surface area contributed by atoms with Gasteiger partial charge in [-0.2, -0.15) is 0 Å². The first-order valence-electron chi connectivity index (χ1n) is 8.00. The molecule has 0 saturated carbocycles. The normalized spacial score (nSPS) is 10.7. The van der Waals surface area contributed by atoms with Crippen LogP contribution in [0.1, 0.15) is 15.9 Å². The third-order valence-electron chi connectivity index (χ3n) is 3.92. The smallest absolute Gasteiger partial charge is 0.257 e. The van der Waals surface area contributed by atoms with E-state index in [0.717, 1.165) is 16.9 Å². The molecule has 0 spiro atoms. The minimum Gasteiger partial charge on any atom is -0.298 e. The number of anilines is 1. The SMILES string of the molecule is Cc1ccc(-c2cnnn2-c2ccc(C(=O)Nc3nccs3)cc2)cc1. The third kappa shape index (κ3) is 3.25. The van der Waals surface area contributed by atoms with E-state index < -0.39 is 0 Å². The van der Waals surface area contributed by atoms with E-state index in [1.54, 1.807) is 29.2 Å². The molecule has 26 heavy (non-hydrogen) atoms. The maximum absolute atomic E-state index is 12.3. The number of amides is 1. The van der Waals surface area contributed by atoms with E-state index in [1.165, 1.54) is 16.9 Å². The highest BCUT2D eigenvalue weighted by molar-refractivity contribution is 7.13. The second kappa shape index (κ2) is 6.89. The van der Waals surface area contributed by atoms with Crippen molar-refractivity contribution in [3.8, 4) is 16.9 Å². The van der Waals surface area contributed by atoms with Gasteiger partial charge in [0.05, 0.1) is 17.6 Å². The van der Waals surface area contributed by atoms with Gasteiger partial charge in [0.15, 0.2) is 5.13 Å². The molecule has 2 aromatic heterocycles. The van der Waals surface area contributed by atoms with Gasteiger partial charge in [0, 0.05) is 22.7 Å². The second-order valence-electron chi connectivity index (χ2n) is 5.74. The zero-order valence-corrected chi connectivity index (χ0v) is 14.8. The molecule has 6 nitrogen and oxygen atoms in total. The van der Waals surface area contributed by atoms with Crippen molar-refractivity contribution in [3.05, 3.63) is 77.4 Å². The van der Waals surface area contributed by atoms with E-state index in [0.29, 0.717) is 10.7 Å². The topological polar surface area (TPSA) is 72.7 Å². The second-order valence-corrected chi connectivity index (χ2v) is 6.63. The lowest BCUT2D eigenvalue weighted by atomic mass is 10.1. The summed E-state index contributed by atoms with van der Waals surface area (Å²) in [5, 5.41) is 13.4. The third-order valence-corrected chi connectivity index (χ3v) is 4.61. The quantitative estimate of drug-likeness (QED) is 0.597. The molecule has 4 rings (SSSR count). The van der Waals surface area contributed by atoms with Crippen molar-refractivity contribution >= 4 is 22.4 Å². The molecule has 1 N–H and O–H groups in total. The summed E-state index contributed by atoms with van der Waals surface area (Å²) in [5.41, 5.74) is 4.52. The van der Waals surface area contributed by atoms with Crippen LogP contribution in [-0.2, 0) is 0 Å². The molecule has 4 aromatic rings. The van der Waals surface area contributed by atoms with Crippen LogP contribution in [-0.4, -0.2) is 25.9 Å². The fourth-order valence-electron chi connectivity index (χ4n) is 2.56. The van der Waals surface area contributed by atoms with Crippen LogP contribution in [0.5, 0.6) is 0 Å². The van der Waals surface area contributed by atoms with Crippen molar-refractivity contribution in [1.29, 1.82) is 0 Å². The number of rotatable bonds is 4. The van der Waals surface area contributed by atoms with Gasteiger partial charge in [0.1, 0.15) is 0 Å². The van der Waals surface area contributed by atoms with Crippen LogP contribution in [0, 0.1) is 6.92 Å². The van der Waals surface area contributed by atoms with Crippen LogP contribution in [0.15, 0.2) is 66.3 Å². The highest BCUT2D eigenvalue weighted by Crippen LogP contribution is 2.22. The lowest BCUT2D eigenvalue weighted by Crippen LogP contribution is -2.11. The molecule has 0 fully saturated rings. The number of nitrogens with zero attached hydrogens (tertiary/aromatic N) is 4. The van der Waals surface area contributed by atoms with Gasteiger partial charge in [-0.3, -0.25) is 10.1 Å². The van der Waals surface area contributed by atoms with Crippen LogP contribution >= 0.6 is 11.3 Å². The first-order chi connectivity index (χ1) is 12.7. The van der Waals surface area contributed by atoms with Crippen molar-refractivity contribution in [3.63, 3.8) is 0 Å². The molecular formula is C19H15N5OS. The summed E-state index contributed by atoms with van der Waals surface area (Å²) in [5.74, 6) is -0.191. The Morgan fingerprint density at radius 2 is 1.85 bits per heavy atom. The van der Waals surface area contributed by atoms with Crippen LogP contribution in [0.2, 0.25) is 0 Å². The van der Waals surface area contributed by atoms with Crippen molar-refractivity contribution in [2.45, 2.75) is 6.92 Å². The zero-order valence-electron chi connectivity index (χ0n) is 14.0. The number of carbonyl (C=O) groups excluding carboxylic acids is 1. The van der Waals surface area contributed by atoms with E-state index in [4.69, 9.17) is 0 Å². The highest BCUT2D eigenvalue weighted by atomic mass is 32.1. The summed E-state index contributed by atoms with van der Waals surface area (Å²) in [7, 11) is 0. The molecule has 1 amide bonds. The summed E-state index contributed by atoms with van der Waals surface area (Å²) in [4.78, 5) is 16.3. The maximum Gasteiger partial charge on any atom is 0.257 e. The highest BCUT2D eigenvalue weighted by Gasteiger charge is 2.11. The number of benzene rings is 2. The van der Waals surface area contributed by atoms with Crippen molar-refractivity contribution in [1.82, 2.24) is 20.0 Å². The molecule has 0 bridgehead atoms. The molecule has 2 aromatic carbocycles. The standard InChI is InChI=1S/C19H15N5OS/c1-13-2-4-14(5-3-13)17-12-21-23-24(17)16-8-6-15(7-9-16)18(25)22-19-20-10-11-26-19/h2-12H,1H3,(H,20,22,25). The summed E-state index contributed by atoms with van der Waals surface area (Å²) in [6.07, 6.45) is 3.38. The summed E-state index contributed by atoms with van der Waals surface area (Å²) in [6, 6.07) is 15.4. The average molecular weight is 361 g/mol. The van der Waals surface area contributed by atoms with Crippen molar-refractivity contribution in [2.24, 2.45) is 0 Å². The number of nitrogens with one attached hydrogen (secondary N) is 1. The summed E-state index contributed by atoms with van der Waals surface area (Å²) in [6.45, 7) is 2.05.